The summed E-state index contributed by atoms with van der Waals surface area (Å²) in [6.45, 7) is 0.898. The lowest BCUT2D eigenvalue weighted by Gasteiger charge is -2.08. The van der Waals surface area contributed by atoms with E-state index in [0.29, 0.717) is 12.2 Å². The number of nitrogens with two attached hydrogens (primary N) is 1. The van der Waals surface area contributed by atoms with E-state index in [1.165, 1.54) is 0 Å². The minimum absolute atomic E-state index is 0.276. The number of rotatable bonds is 4. The number of nitrogens with zero attached hydrogens (tertiary/aromatic N) is 3. The fraction of sp³-hybridized carbons (Fsp3) is 0.100. The van der Waals surface area contributed by atoms with Crippen molar-refractivity contribution in [2.75, 3.05) is 17.8 Å². The van der Waals surface area contributed by atoms with Crippen molar-refractivity contribution in [1.29, 1.82) is 0 Å². The molecule has 2 aromatic heterocycles. The SMILES string of the molecule is Nc1cccc(-c2cnc3ccc(NCc4ccc5c(c4)OCO5)nn23)c1. The van der Waals surface area contributed by atoms with E-state index in [9.17, 15) is 0 Å². The first-order chi connectivity index (χ1) is 13.3. The van der Waals surface area contributed by atoms with E-state index < -0.39 is 0 Å². The van der Waals surface area contributed by atoms with Crippen LogP contribution in [0, 0.1) is 0 Å². The number of hydrogen-bond acceptors (Lipinski definition) is 6. The summed E-state index contributed by atoms with van der Waals surface area (Å²) in [7, 11) is 0. The Labute approximate surface area is 155 Å². The Bertz CT molecular complexity index is 1140. The van der Waals surface area contributed by atoms with Crippen LogP contribution < -0.4 is 20.5 Å². The van der Waals surface area contributed by atoms with Crippen molar-refractivity contribution in [2.45, 2.75) is 6.54 Å². The zero-order valence-corrected chi connectivity index (χ0v) is 14.4. The topological polar surface area (TPSA) is 86.7 Å². The third kappa shape index (κ3) is 2.89. The third-order valence-corrected chi connectivity index (χ3v) is 4.46. The van der Waals surface area contributed by atoms with Gasteiger partial charge in [-0.25, -0.2) is 9.50 Å². The van der Waals surface area contributed by atoms with E-state index in [1.807, 2.05) is 59.1 Å². The van der Waals surface area contributed by atoms with Crippen LogP contribution in [0.5, 0.6) is 11.5 Å². The number of fused-ring (bicyclic) bond motifs is 2. The van der Waals surface area contributed by atoms with Crippen LogP contribution >= 0.6 is 0 Å². The van der Waals surface area contributed by atoms with Gasteiger partial charge in [-0.15, -0.1) is 5.10 Å². The molecule has 2 aromatic carbocycles. The second-order valence-electron chi connectivity index (χ2n) is 6.30. The molecule has 3 heterocycles. The first-order valence-corrected chi connectivity index (χ1v) is 8.59. The lowest BCUT2D eigenvalue weighted by atomic mass is 10.1. The molecule has 134 valence electrons. The third-order valence-electron chi connectivity index (χ3n) is 4.46. The van der Waals surface area contributed by atoms with Crippen LogP contribution in [0.2, 0.25) is 0 Å². The summed E-state index contributed by atoms with van der Waals surface area (Å²) in [4.78, 5) is 4.42. The van der Waals surface area contributed by atoms with Gasteiger partial charge in [-0.3, -0.25) is 0 Å². The van der Waals surface area contributed by atoms with Crippen LogP contribution in [0.3, 0.4) is 0 Å². The van der Waals surface area contributed by atoms with Crippen molar-refractivity contribution in [3.05, 3.63) is 66.4 Å². The number of nitrogens with one attached hydrogen (secondary N) is 1. The molecule has 0 amide bonds. The van der Waals surface area contributed by atoms with E-state index in [0.717, 1.165) is 39.8 Å². The fourth-order valence-corrected chi connectivity index (χ4v) is 3.11. The number of hydrogen-bond donors (Lipinski definition) is 2. The summed E-state index contributed by atoms with van der Waals surface area (Å²) in [5.74, 6) is 2.31. The second kappa shape index (κ2) is 6.21. The van der Waals surface area contributed by atoms with E-state index >= 15 is 0 Å². The van der Waals surface area contributed by atoms with Crippen LogP contribution in [-0.2, 0) is 6.54 Å². The van der Waals surface area contributed by atoms with E-state index in [4.69, 9.17) is 15.2 Å². The second-order valence-corrected chi connectivity index (χ2v) is 6.30. The van der Waals surface area contributed by atoms with Crippen LogP contribution in [0.1, 0.15) is 5.56 Å². The molecule has 27 heavy (non-hydrogen) atoms. The highest BCUT2D eigenvalue weighted by atomic mass is 16.7. The highest BCUT2D eigenvalue weighted by Crippen LogP contribution is 2.32. The van der Waals surface area contributed by atoms with Crippen molar-refractivity contribution in [3.8, 4) is 22.8 Å². The molecule has 0 atom stereocenters. The minimum Gasteiger partial charge on any atom is -0.454 e. The lowest BCUT2D eigenvalue weighted by molar-refractivity contribution is 0.174. The Kier molecular flexibility index (Phi) is 3.57. The van der Waals surface area contributed by atoms with Gasteiger partial charge in [-0.2, -0.15) is 0 Å². The molecule has 0 saturated heterocycles. The zero-order chi connectivity index (χ0) is 18.2. The average molecular weight is 359 g/mol. The number of ether oxygens (including phenoxy) is 2. The maximum atomic E-state index is 5.91. The molecule has 3 N–H and O–H groups in total. The number of aromatic nitrogens is 3. The molecule has 0 aliphatic carbocycles. The Hall–Kier alpha value is -3.74. The first kappa shape index (κ1) is 15.5. The first-order valence-electron chi connectivity index (χ1n) is 8.59. The number of imidazole rings is 1. The maximum Gasteiger partial charge on any atom is 0.231 e. The highest BCUT2D eigenvalue weighted by molar-refractivity contribution is 5.67. The molecule has 0 fully saturated rings. The Balaban J connectivity index is 1.42. The summed E-state index contributed by atoms with van der Waals surface area (Å²) < 4.78 is 12.6. The molecular formula is C20H17N5O2. The van der Waals surface area contributed by atoms with Gasteiger partial charge < -0.3 is 20.5 Å². The Morgan fingerprint density at radius 3 is 2.89 bits per heavy atom. The molecule has 1 aliphatic rings. The van der Waals surface area contributed by atoms with E-state index in [2.05, 4.69) is 15.4 Å². The summed E-state index contributed by atoms with van der Waals surface area (Å²) in [6, 6.07) is 17.4. The van der Waals surface area contributed by atoms with Gasteiger partial charge in [0.05, 0.1) is 11.9 Å². The lowest BCUT2D eigenvalue weighted by Crippen LogP contribution is -2.04. The van der Waals surface area contributed by atoms with Crippen LogP contribution in [0.25, 0.3) is 16.9 Å². The molecule has 0 unspecified atom stereocenters. The number of nitrogen functional groups attached to an aromatic ring is 1. The van der Waals surface area contributed by atoms with Gasteiger partial charge in [0.25, 0.3) is 0 Å². The van der Waals surface area contributed by atoms with Gasteiger partial charge in [0.15, 0.2) is 17.1 Å². The predicted octanol–water partition coefficient (Wildman–Crippen LogP) is 3.32. The van der Waals surface area contributed by atoms with Gasteiger partial charge in [0, 0.05) is 17.8 Å². The molecule has 7 heteroatoms. The maximum absolute atomic E-state index is 5.91. The predicted molar refractivity (Wildman–Crippen MR) is 103 cm³/mol. The number of anilines is 2. The van der Waals surface area contributed by atoms with Crippen LogP contribution in [0.4, 0.5) is 11.5 Å². The molecule has 0 radical (unpaired) electrons. The van der Waals surface area contributed by atoms with Crippen molar-refractivity contribution in [1.82, 2.24) is 14.6 Å². The zero-order valence-electron chi connectivity index (χ0n) is 14.4. The summed E-state index contributed by atoms with van der Waals surface area (Å²) in [6.07, 6.45) is 1.80. The molecule has 4 aromatic rings. The molecule has 0 spiro atoms. The van der Waals surface area contributed by atoms with Gasteiger partial charge in [0.1, 0.15) is 5.82 Å². The van der Waals surface area contributed by atoms with Gasteiger partial charge in [-0.1, -0.05) is 18.2 Å². The van der Waals surface area contributed by atoms with Gasteiger partial charge in [0.2, 0.25) is 6.79 Å². The van der Waals surface area contributed by atoms with Crippen molar-refractivity contribution in [2.24, 2.45) is 0 Å². The quantitative estimate of drug-likeness (QED) is 0.544. The Morgan fingerprint density at radius 2 is 1.96 bits per heavy atom. The molecule has 0 bridgehead atoms. The van der Waals surface area contributed by atoms with Crippen molar-refractivity contribution in [3.63, 3.8) is 0 Å². The molecule has 1 aliphatic heterocycles. The summed E-state index contributed by atoms with van der Waals surface area (Å²) in [5, 5.41) is 8.02. The normalized spacial score (nSPS) is 12.4. The minimum atomic E-state index is 0.276. The molecule has 7 nitrogen and oxygen atoms in total. The average Bonchev–Trinajstić information content (AvgIpc) is 3.32. The van der Waals surface area contributed by atoms with Crippen molar-refractivity contribution < 1.29 is 9.47 Å². The largest absolute Gasteiger partial charge is 0.454 e. The standard InChI is InChI=1S/C20H17N5O2/c21-15-3-1-2-14(9-15)16-11-23-20-7-6-19(24-25(16)20)22-10-13-4-5-17-18(8-13)27-12-26-17/h1-9,11H,10,12,21H2,(H,22,24). The fourth-order valence-electron chi connectivity index (χ4n) is 3.11. The summed E-state index contributed by atoms with van der Waals surface area (Å²) >= 11 is 0. The van der Waals surface area contributed by atoms with Gasteiger partial charge in [-0.05, 0) is 42.0 Å². The smallest absolute Gasteiger partial charge is 0.231 e. The molecular weight excluding hydrogens is 342 g/mol. The summed E-state index contributed by atoms with van der Waals surface area (Å²) in [5.41, 5.74) is 10.3. The monoisotopic (exact) mass is 359 g/mol. The van der Waals surface area contributed by atoms with Gasteiger partial charge >= 0.3 is 0 Å². The molecule has 0 saturated carbocycles. The van der Waals surface area contributed by atoms with E-state index in [1.54, 1.807) is 6.20 Å². The van der Waals surface area contributed by atoms with Crippen molar-refractivity contribution >= 4 is 17.2 Å². The molecule has 5 rings (SSSR count). The number of benzene rings is 2. The Morgan fingerprint density at radius 1 is 1.04 bits per heavy atom. The van der Waals surface area contributed by atoms with Crippen LogP contribution in [-0.4, -0.2) is 21.4 Å². The highest BCUT2D eigenvalue weighted by Gasteiger charge is 2.13. The van der Waals surface area contributed by atoms with Crippen LogP contribution in [0.15, 0.2) is 60.8 Å². The van der Waals surface area contributed by atoms with E-state index in [-0.39, 0.29) is 6.79 Å².